The number of nitrogens with zero attached hydrogens (tertiary/aromatic N) is 1. The van der Waals surface area contributed by atoms with Crippen LogP contribution in [0.3, 0.4) is 0 Å². The number of rotatable bonds is 4. The summed E-state index contributed by atoms with van der Waals surface area (Å²) >= 11 is 0. The van der Waals surface area contributed by atoms with Crippen molar-refractivity contribution >= 4 is 15.7 Å². The van der Waals surface area contributed by atoms with Crippen LogP contribution < -0.4 is 4.74 Å². The van der Waals surface area contributed by atoms with Gasteiger partial charge in [-0.25, -0.2) is 13.5 Å². The van der Waals surface area contributed by atoms with Gasteiger partial charge in [0.25, 0.3) is 5.91 Å². The third-order valence-corrected chi connectivity index (χ3v) is 6.71. The van der Waals surface area contributed by atoms with Gasteiger partial charge in [0.15, 0.2) is 9.84 Å². The lowest BCUT2D eigenvalue weighted by Gasteiger charge is -2.18. The summed E-state index contributed by atoms with van der Waals surface area (Å²) in [6.45, 7) is 0.0951. The first-order valence-electron chi connectivity index (χ1n) is 8.78. The molecule has 0 spiro atoms. The van der Waals surface area contributed by atoms with Gasteiger partial charge in [-0.3, -0.25) is 10.0 Å². The lowest BCUT2D eigenvalue weighted by Crippen LogP contribution is -2.39. The third kappa shape index (κ3) is 4.88. The first kappa shape index (κ1) is 21.1. The van der Waals surface area contributed by atoms with Crippen LogP contribution in [0.1, 0.15) is 19.3 Å². The molecule has 2 aromatic carbocycles. The highest BCUT2D eigenvalue weighted by atomic mass is 32.2. The van der Waals surface area contributed by atoms with Crippen LogP contribution in [0.5, 0.6) is 5.75 Å². The molecule has 0 bridgehead atoms. The molecule has 2 aromatic rings. The van der Waals surface area contributed by atoms with Gasteiger partial charge >= 0.3 is 6.36 Å². The Morgan fingerprint density at radius 2 is 1.52 bits per heavy atom. The van der Waals surface area contributed by atoms with E-state index < -0.39 is 27.4 Å². The highest BCUT2D eigenvalue weighted by Gasteiger charge is 2.37. The van der Waals surface area contributed by atoms with Crippen LogP contribution in [0.4, 0.5) is 13.2 Å². The van der Waals surface area contributed by atoms with Gasteiger partial charge in [-0.15, -0.1) is 13.2 Å². The number of carbonyl (C=O) groups excluding carboxylic acids is 1. The SMILES string of the molecule is O=C1C(S(=O)(=O)c2ccc(-c3ccc(OC(F)(F)F)cc3)cc2)CCCCN1O. The number of sulfone groups is 1. The van der Waals surface area contributed by atoms with Crippen molar-refractivity contribution in [1.29, 1.82) is 0 Å². The van der Waals surface area contributed by atoms with Gasteiger partial charge in [0.05, 0.1) is 4.90 Å². The van der Waals surface area contributed by atoms with Crippen molar-refractivity contribution in [1.82, 2.24) is 5.06 Å². The molecule has 0 aliphatic carbocycles. The summed E-state index contributed by atoms with van der Waals surface area (Å²) in [5, 5.41) is 8.77. The van der Waals surface area contributed by atoms with Crippen molar-refractivity contribution in [3.63, 3.8) is 0 Å². The fraction of sp³-hybridized carbons (Fsp3) is 0.316. The average Bonchev–Trinajstić information content (AvgIpc) is 2.83. The van der Waals surface area contributed by atoms with E-state index in [-0.39, 0.29) is 23.6 Å². The van der Waals surface area contributed by atoms with Gasteiger partial charge in [-0.1, -0.05) is 24.3 Å². The molecular weight excluding hydrogens is 411 g/mol. The van der Waals surface area contributed by atoms with Gasteiger partial charge in [0.1, 0.15) is 11.0 Å². The predicted octanol–water partition coefficient (Wildman–Crippen LogP) is 3.80. The van der Waals surface area contributed by atoms with Crippen LogP contribution in [-0.4, -0.2) is 42.8 Å². The second-order valence-electron chi connectivity index (χ2n) is 6.59. The zero-order valence-corrected chi connectivity index (χ0v) is 15.9. The molecule has 3 rings (SSSR count). The molecule has 6 nitrogen and oxygen atoms in total. The van der Waals surface area contributed by atoms with E-state index in [2.05, 4.69) is 4.74 Å². The van der Waals surface area contributed by atoms with E-state index in [1.54, 1.807) is 0 Å². The fourth-order valence-corrected chi connectivity index (χ4v) is 4.84. The Balaban J connectivity index is 1.81. The minimum atomic E-state index is -4.78. The molecule has 0 saturated carbocycles. The van der Waals surface area contributed by atoms with Gasteiger partial charge < -0.3 is 4.74 Å². The highest BCUT2D eigenvalue weighted by molar-refractivity contribution is 7.92. The maximum atomic E-state index is 12.8. The molecule has 0 aromatic heterocycles. The van der Waals surface area contributed by atoms with Crippen molar-refractivity contribution in [3.8, 4) is 16.9 Å². The van der Waals surface area contributed by atoms with Gasteiger partial charge in [-0.05, 0) is 54.7 Å². The Bertz CT molecular complexity index is 972. The van der Waals surface area contributed by atoms with Crippen molar-refractivity contribution < 1.29 is 36.3 Å². The Hall–Kier alpha value is -2.59. The van der Waals surface area contributed by atoms with Gasteiger partial charge in [0, 0.05) is 6.54 Å². The van der Waals surface area contributed by atoms with Crippen LogP contribution >= 0.6 is 0 Å². The second-order valence-corrected chi connectivity index (χ2v) is 8.72. The minimum absolute atomic E-state index is 0.0630. The summed E-state index contributed by atoms with van der Waals surface area (Å²) in [6, 6.07) is 10.8. The number of carbonyl (C=O) groups is 1. The molecule has 1 aliphatic heterocycles. The fourth-order valence-electron chi connectivity index (χ4n) is 3.13. The normalized spacial score (nSPS) is 18.4. The molecule has 0 radical (unpaired) electrons. The number of ether oxygens (including phenoxy) is 1. The predicted molar refractivity (Wildman–Crippen MR) is 96.9 cm³/mol. The number of halogens is 3. The largest absolute Gasteiger partial charge is 0.573 e. The zero-order valence-electron chi connectivity index (χ0n) is 15.1. The summed E-state index contributed by atoms with van der Waals surface area (Å²) in [7, 11) is -3.99. The monoisotopic (exact) mass is 429 g/mol. The van der Waals surface area contributed by atoms with E-state index in [0.717, 1.165) is 12.1 Å². The van der Waals surface area contributed by atoms with E-state index >= 15 is 0 Å². The summed E-state index contributed by atoms with van der Waals surface area (Å²) in [6.07, 6.45) is -3.64. The molecule has 1 amide bonds. The average molecular weight is 429 g/mol. The van der Waals surface area contributed by atoms with Crippen LogP contribution in [0.15, 0.2) is 53.4 Å². The molecule has 1 atom stereocenters. The van der Waals surface area contributed by atoms with E-state index in [4.69, 9.17) is 0 Å². The number of hydroxylamine groups is 2. The van der Waals surface area contributed by atoms with Crippen LogP contribution in [0.25, 0.3) is 11.1 Å². The summed E-state index contributed by atoms with van der Waals surface area (Å²) in [5.74, 6) is -1.20. The quantitative estimate of drug-likeness (QED) is 0.748. The molecule has 1 unspecified atom stereocenters. The maximum Gasteiger partial charge on any atom is 0.573 e. The molecule has 1 fully saturated rings. The van der Waals surface area contributed by atoms with Crippen molar-refractivity contribution in [2.75, 3.05) is 6.54 Å². The Kier molecular flexibility index (Phi) is 5.85. The van der Waals surface area contributed by atoms with E-state index in [1.165, 1.54) is 36.4 Å². The van der Waals surface area contributed by atoms with E-state index in [0.29, 0.717) is 29.0 Å². The van der Waals surface area contributed by atoms with Crippen LogP contribution in [-0.2, 0) is 14.6 Å². The number of alkyl halides is 3. The van der Waals surface area contributed by atoms with Crippen LogP contribution in [0, 0.1) is 0 Å². The van der Waals surface area contributed by atoms with Crippen molar-refractivity contribution in [2.45, 2.75) is 35.8 Å². The summed E-state index contributed by atoms with van der Waals surface area (Å²) < 4.78 is 66.2. The molecule has 1 heterocycles. The standard InChI is InChI=1S/C19H18F3NO5S/c20-19(21,22)28-15-8-4-13(5-9-15)14-6-10-16(11-7-14)29(26,27)17-3-1-2-12-23(25)18(17)24/h4-11,17,25H,1-3,12H2. The molecular formula is C19H18F3NO5S. The zero-order chi connectivity index (χ0) is 21.2. The van der Waals surface area contributed by atoms with Crippen molar-refractivity contribution in [3.05, 3.63) is 48.5 Å². The Labute approximate surface area is 165 Å². The molecule has 1 N–H and O–H groups in total. The topological polar surface area (TPSA) is 83.9 Å². The molecule has 10 heteroatoms. The molecule has 1 saturated heterocycles. The number of hydrogen-bond acceptors (Lipinski definition) is 5. The first-order valence-corrected chi connectivity index (χ1v) is 10.3. The maximum absolute atomic E-state index is 12.8. The first-order chi connectivity index (χ1) is 13.6. The summed E-state index contributed by atoms with van der Waals surface area (Å²) in [5.41, 5.74) is 1.15. The number of benzene rings is 2. The lowest BCUT2D eigenvalue weighted by atomic mass is 10.1. The molecule has 29 heavy (non-hydrogen) atoms. The van der Waals surface area contributed by atoms with E-state index in [9.17, 15) is 31.6 Å². The number of amides is 1. The smallest absolute Gasteiger partial charge is 0.406 e. The summed E-state index contributed by atoms with van der Waals surface area (Å²) in [4.78, 5) is 12.1. The van der Waals surface area contributed by atoms with E-state index in [1.807, 2.05) is 0 Å². The second kappa shape index (κ2) is 8.03. The van der Waals surface area contributed by atoms with Crippen molar-refractivity contribution in [2.24, 2.45) is 0 Å². The third-order valence-electron chi connectivity index (χ3n) is 4.59. The molecule has 1 aliphatic rings. The van der Waals surface area contributed by atoms with Crippen LogP contribution in [0.2, 0.25) is 0 Å². The Morgan fingerprint density at radius 1 is 0.966 bits per heavy atom. The lowest BCUT2D eigenvalue weighted by molar-refractivity contribution is -0.274. The van der Waals surface area contributed by atoms with Gasteiger partial charge in [-0.2, -0.15) is 0 Å². The van der Waals surface area contributed by atoms with Gasteiger partial charge in [0.2, 0.25) is 0 Å². The molecule has 156 valence electrons. The number of hydrogen-bond donors (Lipinski definition) is 1. The highest BCUT2D eigenvalue weighted by Crippen LogP contribution is 2.29. The Morgan fingerprint density at radius 3 is 2.07 bits per heavy atom. The minimum Gasteiger partial charge on any atom is -0.406 e.